The molecule has 1 unspecified atom stereocenters. The maximum atomic E-state index is 11.8. The van der Waals surface area contributed by atoms with E-state index in [0.29, 0.717) is 19.1 Å². The molecule has 0 aliphatic carbocycles. The van der Waals surface area contributed by atoms with Crippen molar-refractivity contribution in [2.45, 2.75) is 37.8 Å². The molecule has 0 saturated carbocycles. The van der Waals surface area contributed by atoms with Crippen LogP contribution in [0.5, 0.6) is 0 Å². The molecule has 1 amide bonds. The number of carbonyl (C=O) groups excluding carboxylic acids is 1. The molecule has 1 N–H and O–H groups in total. The Morgan fingerprint density at radius 1 is 1.18 bits per heavy atom. The van der Waals surface area contributed by atoms with Gasteiger partial charge in [0.2, 0.25) is 5.91 Å². The predicted octanol–water partition coefficient (Wildman–Crippen LogP) is 0.651. The minimum Gasteiger partial charge on any atom is -0.387 e. The van der Waals surface area contributed by atoms with Gasteiger partial charge in [-0.1, -0.05) is 6.07 Å². The lowest BCUT2D eigenvalue weighted by Crippen LogP contribution is -2.65. The zero-order valence-corrected chi connectivity index (χ0v) is 17.0. The second-order valence-corrected chi connectivity index (χ2v) is 8.68. The molecule has 28 heavy (non-hydrogen) atoms. The summed E-state index contributed by atoms with van der Waals surface area (Å²) in [6.45, 7) is 9.76. The zero-order chi connectivity index (χ0) is 19.6. The summed E-state index contributed by atoms with van der Waals surface area (Å²) >= 11 is 0. The van der Waals surface area contributed by atoms with Gasteiger partial charge in [-0.2, -0.15) is 0 Å². The molecule has 1 aromatic rings. The minimum absolute atomic E-state index is 0.0765. The third-order valence-corrected chi connectivity index (χ3v) is 6.51. The Kier molecular flexibility index (Phi) is 5.85. The van der Waals surface area contributed by atoms with Crippen molar-refractivity contribution in [1.29, 1.82) is 0 Å². The standard InChI is InChI=1S/C21H33N5O2/c1-18(27)26-9-5-3-7-21(28,17-26)16-23-14-19(15-23)24-10-12-25(13-11-24)20-6-2-4-8-22-20/h2,4,6,8,19,28H,3,5,7,9-17H2,1H3. The van der Waals surface area contributed by atoms with E-state index in [0.717, 1.165) is 70.9 Å². The lowest BCUT2D eigenvalue weighted by Gasteiger charge is -2.50. The van der Waals surface area contributed by atoms with E-state index >= 15 is 0 Å². The lowest BCUT2D eigenvalue weighted by molar-refractivity contribution is -0.133. The molecule has 4 heterocycles. The van der Waals surface area contributed by atoms with Crippen LogP contribution in [-0.2, 0) is 4.79 Å². The van der Waals surface area contributed by atoms with Gasteiger partial charge in [0, 0.05) is 71.5 Å². The Morgan fingerprint density at radius 3 is 2.64 bits per heavy atom. The van der Waals surface area contributed by atoms with Crippen molar-refractivity contribution in [3.8, 4) is 0 Å². The highest BCUT2D eigenvalue weighted by Gasteiger charge is 2.40. The monoisotopic (exact) mass is 387 g/mol. The minimum atomic E-state index is -0.759. The third kappa shape index (κ3) is 4.47. The fraction of sp³-hybridized carbons (Fsp3) is 0.714. The van der Waals surface area contributed by atoms with E-state index in [9.17, 15) is 9.90 Å². The van der Waals surface area contributed by atoms with E-state index in [1.165, 1.54) is 0 Å². The summed E-state index contributed by atoms with van der Waals surface area (Å²) in [5.74, 6) is 1.15. The number of rotatable bonds is 4. The number of hydrogen-bond acceptors (Lipinski definition) is 6. The van der Waals surface area contributed by atoms with Gasteiger partial charge in [0.05, 0.1) is 12.1 Å². The van der Waals surface area contributed by atoms with Crippen LogP contribution in [0, 0.1) is 0 Å². The molecule has 1 aromatic heterocycles. The molecular weight excluding hydrogens is 354 g/mol. The van der Waals surface area contributed by atoms with Crippen molar-refractivity contribution in [3.63, 3.8) is 0 Å². The molecule has 0 bridgehead atoms. The van der Waals surface area contributed by atoms with Crippen molar-refractivity contribution in [2.75, 3.05) is 63.8 Å². The van der Waals surface area contributed by atoms with Gasteiger partial charge in [0.25, 0.3) is 0 Å². The zero-order valence-electron chi connectivity index (χ0n) is 17.0. The first-order valence-corrected chi connectivity index (χ1v) is 10.6. The third-order valence-electron chi connectivity index (χ3n) is 6.51. The van der Waals surface area contributed by atoms with Crippen LogP contribution in [0.4, 0.5) is 5.82 Å². The van der Waals surface area contributed by atoms with Crippen molar-refractivity contribution < 1.29 is 9.90 Å². The summed E-state index contributed by atoms with van der Waals surface area (Å²) in [5.41, 5.74) is -0.759. The van der Waals surface area contributed by atoms with Crippen molar-refractivity contribution in [1.82, 2.24) is 19.7 Å². The van der Waals surface area contributed by atoms with E-state index in [4.69, 9.17) is 0 Å². The maximum Gasteiger partial charge on any atom is 0.219 e. The highest BCUT2D eigenvalue weighted by molar-refractivity contribution is 5.73. The van der Waals surface area contributed by atoms with Crippen LogP contribution in [0.1, 0.15) is 26.2 Å². The fourth-order valence-corrected chi connectivity index (χ4v) is 4.84. The van der Waals surface area contributed by atoms with E-state index in [1.807, 2.05) is 23.2 Å². The highest BCUT2D eigenvalue weighted by Crippen LogP contribution is 2.26. The maximum absolute atomic E-state index is 11.8. The number of nitrogens with zero attached hydrogens (tertiary/aromatic N) is 5. The highest BCUT2D eigenvalue weighted by atomic mass is 16.3. The number of carbonyl (C=O) groups is 1. The van der Waals surface area contributed by atoms with Gasteiger partial charge in [0.15, 0.2) is 0 Å². The summed E-state index contributed by atoms with van der Waals surface area (Å²) in [7, 11) is 0. The first-order chi connectivity index (χ1) is 13.5. The molecule has 3 aliphatic heterocycles. The SMILES string of the molecule is CC(=O)N1CCCCC(O)(CN2CC(N3CCN(c4ccccn4)CC3)C2)C1. The van der Waals surface area contributed by atoms with Crippen molar-refractivity contribution in [2.24, 2.45) is 0 Å². The van der Waals surface area contributed by atoms with Crippen LogP contribution in [0.15, 0.2) is 24.4 Å². The molecule has 3 fully saturated rings. The number of aromatic nitrogens is 1. The Hall–Kier alpha value is -1.70. The van der Waals surface area contributed by atoms with E-state index in [-0.39, 0.29) is 5.91 Å². The Bertz CT molecular complexity index is 658. The van der Waals surface area contributed by atoms with Crippen LogP contribution in [0.25, 0.3) is 0 Å². The van der Waals surface area contributed by atoms with Crippen molar-refractivity contribution in [3.05, 3.63) is 24.4 Å². The molecule has 4 rings (SSSR count). The molecule has 0 aromatic carbocycles. The number of piperazine rings is 1. The van der Waals surface area contributed by atoms with E-state index in [2.05, 4.69) is 25.8 Å². The van der Waals surface area contributed by atoms with Crippen LogP contribution in [0.2, 0.25) is 0 Å². The van der Waals surface area contributed by atoms with Crippen LogP contribution in [0.3, 0.4) is 0 Å². The Labute approximate surface area is 167 Å². The quantitative estimate of drug-likeness (QED) is 0.819. The number of pyridine rings is 1. The van der Waals surface area contributed by atoms with Crippen LogP contribution < -0.4 is 4.90 Å². The molecule has 7 nitrogen and oxygen atoms in total. The van der Waals surface area contributed by atoms with Gasteiger partial charge >= 0.3 is 0 Å². The summed E-state index contributed by atoms with van der Waals surface area (Å²) in [4.78, 5) is 25.4. The molecule has 1 atom stereocenters. The largest absolute Gasteiger partial charge is 0.387 e. The van der Waals surface area contributed by atoms with Crippen LogP contribution in [-0.4, -0.2) is 101 Å². The number of likely N-dealkylation sites (tertiary alicyclic amines) is 2. The average molecular weight is 388 g/mol. The molecule has 7 heteroatoms. The van der Waals surface area contributed by atoms with Gasteiger partial charge in [-0.3, -0.25) is 14.6 Å². The van der Waals surface area contributed by atoms with E-state index < -0.39 is 5.60 Å². The number of β-amino-alcohol motifs (C(OH)–C–C–N with tert-alkyl or cyclic N) is 1. The first kappa shape index (κ1) is 19.6. The molecule has 154 valence electrons. The molecule has 0 radical (unpaired) electrons. The van der Waals surface area contributed by atoms with Gasteiger partial charge in [0.1, 0.15) is 5.82 Å². The van der Waals surface area contributed by atoms with Gasteiger partial charge in [-0.25, -0.2) is 4.98 Å². The second kappa shape index (κ2) is 8.35. The van der Waals surface area contributed by atoms with Crippen LogP contribution >= 0.6 is 0 Å². The summed E-state index contributed by atoms with van der Waals surface area (Å²) in [6, 6.07) is 6.67. The van der Waals surface area contributed by atoms with Gasteiger partial charge in [-0.15, -0.1) is 0 Å². The van der Waals surface area contributed by atoms with Crippen molar-refractivity contribution >= 4 is 11.7 Å². The summed E-state index contributed by atoms with van der Waals surface area (Å²) in [6.07, 6.45) is 4.63. The molecular formula is C21H33N5O2. The van der Waals surface area contributed by atoms with Gasteiger partial charge in [-0.05, 0) is 31.4 Å². The van der Waals surface area contributed by atoms with E-state index in [1.54, 1.807) is 6.92 Å². The number of hydrogen-bond donors (Lipinski definition) is 1. The predicted molar refractivity (Wildman–Crippen MR) is 109 cm³/mol. The second-order valence-electron chi connectivity index (χ2n) is 8.68. The summed E-state index contributed by atoms with van der Waals surface area (Å²) < 4.78 is 0. The molecule has 0 spiro atoms. The smallest absolute Gasteiger partial charge is 0.219 e. The number of anilines is 1. The number of aliphatic hydroxyl groups is 1. The Balaban J connectivity index is 1.23. The fourth-order valence-electron chi connectivity index (χ4n) is 4.84. The normalized spacial score (nSPS) is 28.1. The molecule has 3 aliphatic rings. The first-order valence-electron chi connectivity index (χ1n) is 10.6. The van der Waals surface area contributed by atoms with Gasteiger partial charge < -0.3 is 14.9 Å². The summed E-state index contributed by atoms with van der Waals surface area (Å²) in [5, 5.41) is 11.1. The topological polar surface area (TPSA) is 63.2 Å². The molecule has 3 saturated heterocycles. The Morgan fingerprint density at radius 2 is 1.96 bits per heavy atom. The number of amides is 1. The lowest BCUT2D eigenvalue weighted by atomic mass is 9.94. The average Bonchev–Trinajstić information content (AvgIpc) is 2.87.